The van der Waals surface area contributed by atoms with Gasteiger partial charge in [-0.3, -0.25) is 14.6 Å². The molecule has 4 rings (SSSR count). The quantitative estimate of drug-likeness (QED) is 0.751. The van der Waals surface area contributed by atoms with Gasteiger partial charge in [0.15, 0.2) is 0 Å². The van der Waals surface area contributed by atoms with Crippen LogP contribution in [-0.4, -0.2) is 22.4 Å². The molecule has 3 aromatic rings. The second-order valence-electron chi connectivity index (χ2n) is 5.71. The topological polar surface area (TPSA) is 66.1 Å². The number of carbonyl (C=O) groups is 1. The number of H-pyrrole nitrogens is 1. The molecule has 0 unspecified atom stereocenters. The number of aryl methyl sites for hydroxylation is 1. The van der Waals surface area contributed by atoms with Crippen molar-refractivity contribution in [2.24, 2.45) is 0 Å². The Morgan fingerprint density at radius 1 is 1.26 bits per heavy atom. The number of anilines is 1. The van der Waals surface area contributed by atoms with Crippen LogP contribution in [0.1, 0.15) is 21.5 Å². The summed E-state index contributed by atoms with van der Waals surface area (Å²) in [6.07, 6.45) is 4.21. The molecule has 5 nitrogen and oxygen atoms in total. The van der Waals surface area contributed by atoms with Gasteiger partial charge < -0.3 is 9.88 Å². The summed E-state index contributed by atoms with van der Waals surface area (Å²) in [5.41, 5.74) is 3.23. The fourth-order valence-corrected chi connectivity index (χ4v) is 3.24. The number of carbonyl (C=O) groups excluding carboxylic acids is 1. The van der Waals surface area contributed by atoms with Crippen LogP contribution in [0.4, 0.5) is 5.69 Å². The predicted octanol–water partition coefficient (Wildman–Crippen LogP) is 2.43. The number of aromatic amines is 1. The van der Waals surface area contributed by atoms with Gasteiger partial charge in [0.05, 0.1) is 5.69 Å². The van der Waals surface area contributed by atoms with Crippen molar-refractivity contribution in [3.05, 3.63) is 69.8 Å². The average molecular weight is 305 g/mol. The number of aromatic nitrogens is 2. The van der Waals surface area contributed by atoms with Crippen LogP contribution in [0, 0.1) is 6.92 Å². The van der Waals surface area contributed by atoms with Gasteiger partial charge in [0.1, 0.15) is 5.56 Å². The third-order valence-electron chi connectivity index (χ3n) is 4.41. The zero-order chi connectivity index (χ0) is 16.0. The van der Waals surface area contributed by atoms with Crippen LogP contribution in [0.3, 0.4) is 0 Å². The minimum Gasteiger partial charge on any atom is -0.321 e. The van der Waals surface area contributed by atoms with Crippen LogP contribution in [0.15, 0.2) is 47.5 Å². The monoisotopic (exact) mass is 305 g/mol. The molecule has 0 spiro atoms. The molecule has 1 N–H and O–H groups in total. The molecule has 3 heterocycles. The molecule has 0 bridgehead atoms. The highest BCUT2D eigenvalue weighted by atomic mass is 16.2. The van der Waals surface area contributed by atoms with Gasteiger partial charge in [-0.15, -0.1) is 0 Å². The molecular weight excluding hydrogens is 290 g/mol. The van der Waals surface area contributed by atoms with Crippen molar-refractivity contribution in [2.45, 2.75) is 13.3 Å². The summed E-state index contributed by atoms with van der Waals surface area (Å²) >= 11 is 0. The SMILES string of the molecule is Cc1c(C(=O)N2CCc3cnccc32)c(=O)[nH]c2ccccc12. The number of benzene rings is 1. The Morgan fingerprint density at radius 2 is 2.09 bits per heavy atom. The molecule has 23 heavy (non-hydrogen) atoms. The first-order valence-electron chi connectivity index (χ1n) is 7.53. The molecule has 0 atom stereocenters. The first-order valence-corrected chi connectivity index (χ1v) is 7.53. The molecule has 1 aromatic carbocycles. The Morgan fingerprint density at radius 3 is 2.96 bits per heavy atom. The fourth-order valence-electron chi connectivity index (χ4n) is 3.24. The second-order valence-corrected chi connectivity index (χ2v) is 5.71. The summed E-state index contributed by atoms with van der Waals surface area (Å²) in [5, 5.41) is 0.893. The molecule has 0 radical (unpaired) electrons. The summed E-state index contributed by atoms with van der Waals surface area (Å²) in [6.45, 7) is 2.40. The molecule has 0 fully saturated rings. The van der Waals surface area contributed by atoms with Gasteiger partial charge in [0, 0.05) is 29.8 Å². The smallest absolute Gasteiger partial charge is 0.264 e. The number of rotatable bonds is 1. The number of pyridine rings is 2. The van der Waals surface area contributed by atoms with E-state index in [1.54, 1.807) is 17.3 Å². The molecule has 0 aliphatic carbocycles. The number of amides is 1. The van der Waals surface area contributed by atoms with E-state index in [0.717, 1.165) is 34.1 Å². The number of nitrogens with one attached hydrogen (secondary N) is 1. The van der Waals surface area contributed by atoms with Crippen LogP contribution in [0.25, 0.3) is 10.9 Å². The largest absolute Gasteiger partial charge is 0.321 e. The third-order valence-corrected chi connectivity index (χ3v) is 4.41. The molecule has 1 amide bonds. The van der Waals surface area contributed by atoms with Gasteiger partial charge in [-0.1, -0.05) is 18.2 Å². The van der Waals surface area contributed by atoms with Gasteiger partial charge in [-0.2, -0.15) is 0 Å². The number of hydrogen-bond acceptors (Lipinski definition) is 3. The maximum Gasteiger partial charge on any atom is 0.264 e. The van der Waals surface area contributed by atoms with Crippen molar-refractivity contribution in [3.63, 3.8) is 0 Å². The Kier molecular flexibility index (Phi) is 3.01. The standard InChI is InChI=1S/C18H15N3O2/c1-11-13-4-2-3-5-14(13)20-17(22)16(11)18(23)21-9-7-12-10-19-8-6-15(12)21/h2-6,8,10H,7,9H2,1H3,(H,20,22). The van der Waals surface area contributed by atoms with Crippen molar-refractivity contribution in [2.75, 3.05) is 11.4 Å². The summed E-state index contributed by atoms with van der Waals surface area (Å²) in [7, 11) is 0. The first kappa shape index (κ1) is 13.7. The molecule has 1 aliphatic rings. The summed E-state index contributed by atoms with van der Waals surface area (Å²) in [4.78, 5) is 34.0. The van der Waals surface area contributed by atoms with Crippen molar-refractivity contribution >= 4 is 22.5 Å². The van der Waals surface area contributed by atoms with Crippen LogP contribution < -0.4 is 10.5 Å². The molecular formula is C18H15N3O2. The van der Waals surface area contributed by atoms with E-state index in [-0.39, 0.29) is 17.0 Å². The van der Waals surface area contributed by atoms with Gasteiger partial charge >= 0.3 is 0 Å². The summed E-state index contributed by atoms with van der Waals surface area (Å²) in [6, 6.07) is 9.35. The number of fused-ring (bicyclic) bond motifs is 2. The number of para-hydroxylation sites is 1. The number of nitrogens with zero attached hydrogens (tertiary/aromatic N) is 2. The lowest BCUT2D eigenvalue weighted by molar-refractivity contribution is 0.0987. The van der Waals surface area contributed by atoms with E-state index in [1.807, 2.05) is 37.3 Å². The van der Waals surface area contributed by atoms with E-state index >= 15 is 0 Å². The Hall–Kier alpha value is -2.95. The normalized spacial score (nSPS) is 13.3. The maximum absolute atomic E-state index is 13.0. The maximum atomic E-state index is 13.0. The highest BCUT2D eigenvalue weighted by Crippen LogP contribution is 2.28. The molecule has 114 valence electrons. The lowest BCUT2D eigenvalue weighted by Crippen LogP contribution is -2.34. The van der Waals surface area contributed by atoms with E-state index in [1.165, 1.54) is 0 Å². The summed E-state index contributed by atoms with van der Waals surface area (Å²) in [5.74, 6) is -0.251. The average Bonchev–Trinajstić information content (AvgIpc) is 2.99. The Balaban J connectivity index is 1.87. The Labute approximate surface area is 132 Å². The van der Waals surface area contributed by atoms with Crippen LogP contribution in [-0.2, 0) is 6.42 Å². The fraction of sp³-hybridized carbons (Fsp3) is 0.167. The first-order chi connectivity index (χ1) is 11.2. The van der Waals surface area contributed by atoms with Gasteiger partial charge in [0.2, 0.25) is 0 Å². The van der Waals surface area contributed by atoms with Crippen LogP contribution in [0.2, 0.25) is 0 Å². The molecule has 0 saturated carbocycles. The lowest BCUT2D eigenvalue weighted by atomic mass is 10.0. The zero-order valence-corrected chi connectivity index (χ0v) is 12.7. The van der Waals surface area contributed by atoms with E-state index in [9.17, 15) is 9.59 Å². The molecule has 5 heteroatoms. The zero-order valence-electron chi connectivity index (χ0n) is 12.7. The van der Waals surface area contributed by atoms with Gasteiger partial charge in [0.25, 0.3) is 11.5 Å². The minimum atomic E-state index is -0.339. The van der Waals surface area contributed by atoms with E-state index in [0.29, 0.717) is 6.54 Å². The van der Waals surface area contributed by atoms with Gasteiger partial charge in [-0.05, 0) is 36.6 Å². The van der Waals surface area contributed by atoms with E-state index in [4.69, 9.17) is 0 Å². The van der Waals surface area contributed by atoms with Crippen molar-refractivity contribution < 1.29 is 4.79 Å². The van der Waals surface area contributed by atoms with Crippen molar-refractivity contribution in [3.8, 4) is 0 Å². The highest BCUT2D eigenvalue weighted by Gasteiger charge is 2.28. The number of hydrogen-bond donors (Lipinski definition) is 1. The van der Waals surface area contributed by atoms with Crippen LogP contribution in [0.5, 0.6) is 0 Å². The van der Waals surface area contributed by atoms with Crippen molar-refractivity contribution in [1.82, 2.24) is 9.97 Å². The van der Waals surface area contributed by atoms with Crippen molar-refractivity contribution in [1.29, 1.82) is 0 Å². The molecule has 0 saturated heterocycles. The minimum absolute atomic E-state index is 0.216. The third kappa shape index (κ3) is 2.04. The van der Waals surface area contributed by atoms with Gasteiger partial charge in [-0.25, -0.2) is 0 Å². The predicted molar refractivity (Wildman–Crippen MR) is 88.9 cm³/mol. The van der Waals surface area contributed by atoms with E-state index in [2.05, 4.69) is 9.97 Å². The van der Waals surface area contributed by atoms with E-state index < -0.39 is 0 Å². The molecule has 1 aliphatic heterocycles. The summed E-state index contributed by atoms with van der Waals surface area (Å²) < 4.78 is 0. The molecule has 2 aromatic heterocycles. The Bertz CT molecular complexity index is 991. The van der Waals surface area contributed by atoms with Crippen LogP contribution >= 0.6 is 0 Å². The lowest BCUT2D eigenvalue weighted by Gasteiger charge is -2.18. The second kappa shape index (κ2) is 5.05. The highest BCUT2D eigenvalue weighted by molar-refractivity contribution is 6.09.